The smallest absolute Gasteiger partial charge is 0.251 e. The highest BCUT2D eigenvalue weighted by Crippen LogP contribution is 2.24. The van der Waals surface area contributed by atoms with Crippen molar-refractivity contribution in [2.75, 3.05) is 45.9 Å². The van der Waals surface area contributed by atoms with Gasteiger partial charge in [0.15, 0.2) is 5.96 Å². The third-order valence-electron chi connectivity index (χ3n) is 5.40. The number of hydrogen-bond donors (Lipinski definition) is 1. The number of aliphatic imine (C=N–C) groups is 1. The van der Waals surface area contributed by atoms with E-state index in [2.05, 4.69) is 17.1 Å². The van der Waals surface area contributed by atoms with Gasteiger partial charge in [-0.2, -0.15) is 0 Å². The lowest BCUT2D eigenvalue weighted by Gasteiger charge is -2.37. The Morgan fingerprint density at radius 3 is 2.36 bits per heavy atom. The molecule has 2 aliphatic heterocycles. The number of rotatable bonds is 4. The van der Waals surface area contributed by atoms with Crippen LogP contribution in [0.1, 0.15) is 45.4 Å². The third kappa shape index (κ3) is 5.70. The van der Waals surface area contributed by atoms with E-state index in [1.807, 2.05) is 4.90 Å². The summed E-state index contributed by atoms with van der Waals surface area (Å²) >= 11 is 0. The number of piperazine rings is 1. The molecular weight excluding hydrogens is 431 g/mol. The van der Waals surface area contributed by atoms with E-state index in [4.69, 9.17) is 9.73 Å². The van der Waals surface area contributed by atoms with E-state index in [9.17, 15) is 4.79 Å². The summed E-state index contributed by atoms with van der Waals surface area (Å²) in [6.45, 7) is 7.93. The Kier molecular flexibility index (Phi) is 8.75. The zero-order valence-electron chi connectivity index (χ0n) is 15.4. The van der Waals surface area contributed by atoms with Crippen LogP contribution in [-0.2, 0) is 9.53 Å². The van der Waals surface area contributed by atoms with Crippen LogP contribution in [0.4, 0.5) is 0 Å². The molecule has 2 saturated heterocycles. The molecule has 3 rings (SSSR count). The molecule has 0 aromatic heterocycles. The molecule has 2 heterocycles. The number of halogens is 1. The second kappa shape index (κ2) is 10.5. The number of guanidine groups is 1. The van der Waals surface area contributed by atoms with Gasteiger partial charge >= 0.3 is 0 Å². The van der Waals surface area contributed by atoms with Gasteiger partial charge in [0, 0.05) is 45.9 Å². The van der Waals surface area contributed by atoms with Crippen LogP contribution in [0.5, 0.6) is 0 Å². The Bertz CT molecular complexity index is 440. The van der Waals surface area contributed by atoms with Crippen LogP contribution < -0.4 is 5.32 Å². The van der Waals surface area contributed by atoms with Gasteiger partial charge < -0.3 is 19.9 Å². The van der Waals surface area contributed by atoms with Gasteiger partial charge in [0.2, 0.25) is 0 Å². The average Bonchev–Trinajstić information content (AvgIpc) is 3.31. The largest absolute Gasteiger partial charge is 0.368 e. The first-order valence-electron chi connectivity index (χ1n) is 9.71. The lowest BCUT2D eigenvalue weighted by Crippen LogP contribution is -2.55. The molecule has 1 amide bonds. The Hall–Kier alpha value is -0.570. The van der Waals surface area contributed by atoms with Crippen LogP contribution in [0.15, 0.2) is 4.99 Å². The van der Waals surface area contributed by atoms with E-state index < -0.39 is 0 Å². The SMILES string of the molecule is CCNC(=NCC1CCCC1)N1CCN(C(=O)C2CCCO2)CC1.I. The summed E-state index contributed by atoms with van der Waals surface area (Å²) in [5, 5.41) is 3.42. The van der Waals surface area contributed by atoms with E-state index in [0.717, 1.165) is 70.6 Å². The Balaban J connectivity index is 0.00000225. The molecule has 3 aliphatic rings. The van der Waals surface area contributed by atoms with Crippen LogP contribution in [0.25, 0.3) is 0 Å². The van der Waals surface area contributed by atoms with Crippen molar-refractivity contribution in [1.29, 1.82) is 0 Å². The fraction of sp³-hybridized carbons (Fsp3) is 0.889. The molecule has 0 radical (unpaired) electrons. The second-order valence-electron chi connectivity index (χ2n) is 7.16. The fourth-order valence-corrected chi connectivity index (χ4v) is 3.95. The molecule has 0 bridgehead atoms. The molecule has 6 nitrogen and oxygen atoms in total. The van der Waals surface area contributed by atoms with Crippen molar-refractivity contribution in [3.63, 3.8) is 0 Å². The van der Waals surface area contributed by atoms with Gasteiger partial charge in [-0.1, -0.05) is 12.8 Å². The Morgan fingerprint density at radius 1 is 1.08 bits per heavy atom. The molecule has 0 aromatic carbocycles. The van der Waals surface area contributed by atoms with Crippen molar-refractivity contribution in [1.82, 2.24) is 15.1 Å². The second-order valence-corrected chi connectivity index (χ2v) is 7.16. The summed E-state index contributed by atoms with van der Waals surface area (Å²) in [6, 6.07) is 0. The zero-order valence-corrected chi connectivity index (χ0v) is 17.7. The fourth-order valence-electron chi connectivity index (χ4n) is 3.95. The van der Waals surface area contributed by atoms with E-state index in [0.29, 0.717) is 0 Å². The van der Waals surface area contributed by atoms with E-state index in [-0.39, 0.29) is 36.0 Å². The monoisotopic (exact) mass is 464 g/mol. The maximum absolute atomic E-state index is 12.4. The van der Waals surface area contributed by atoms with Gasteiger partial charge in [-0.3, -0.25) is 9.79 Å². The lowest BCUT2D eigenvalue weighted by molar-refractivity contribution is -0.142. The highest BCUT2D eigenvalue weighted by atomic mass is 127. The standard InChI is InChI=1S/C18H32N4O2.HI/c1-2-19-18(20-14-15-6-3-4-7-15)22-11-9-21(10-12-22)17(23)16-8-5-13-24-16;/h15-16H,2-14H2,1H3,(H,19,20);1H. The van der Waals surface area contributed by atoms with Crippen LogP contribution in [0.2, 0.25) is 0 Å². The predicted octanol–water partition coefficient (Wildman–Crippen LogP) is 2.08. The van der Waals surface area contributed by atoms with Crippen molar-refractivity contribution in [2.24, 2.45) is 10.9 Å². The molecule has 1 aliphatic carbocycles. The molecule has 0 aromatic rings. The van der Waals surface area contributed by atoms with Crippen LogP contribution in [-0.4, -0.2) is 73.6 Å². The first kappa shape index (κ1) is 20.7. The zero-order chi connectivity index (χ0) is 16.8. The van der Waals surface area contributed by atoms with Crippen LogP contribution in [0.3, 0.4) is 0 Å². The number of nitrogens with one attached hydrogen (secondary N) is 1. The minimum atomic E-state index is -0.194. The minimum Gasteiger partial charge on any atom is -0.368 e. The summed E-state index contributed by atoms with van der Waals surface area (Å²) in [4.78, 5) is 21.6. The van der Waals surface area contributed by atoms with Gasteiger partial charge in [-0.05, 0) is 38.5 Å². The Labute approximate surface area is 168 Å². The van der Waals surface area contributed by atoms with Crippen LogP contribution in [0, 0.1) is 5.92 Å². The number of carbonyl (C=O) groups excluding carboxylic acids is 1. The van der Waals surface area contributed by atoms with Crippen molar-refractivity contribution >= 4 is 35.8 Å². The first-order chi connectivity index (χ1) is 11.8. The summed E-state index contributed by atoms with van der Waals surface area (Å²) in [5.41, 5.74) is 0. The molecule has 1 atom stereocenters. The number of ether oxygens (including phenoxy) is 1. The summed E-state index contributed by atoms with van der Waals surface area (Å²) in [5.74, 6) is 1.97. The molecular formula is C18H33IN4O2. The summed E-state index contributed by atoms with van der Waals surface area (Å²) in [6.07, 6.45) is 7.07. The molecule has 1 saturated carbocycles. The van der Waals surface area contributed by atoms with Gasteiger partial charge in [0.25, 0.3) is 5.91 Å². The molecule has 0 spiro atoms. The molecule has 25 heavy (non-hydrogen) atoms. The average molecular weight is 464 g/mol. The molecule has 3 fully saturated rings. The maximum atomic E-state index is 12.4. The lowest BCUT2D eigenvalue weighted by atomic mass is 10.1. The van der Waals surface area contributed by atoms with Crippen molar-refractivity contribution in [3.8, 4) is 0 Å². The minimum absolute atomic E-state index is 0. The highest BCUT2D eigenvalue weighted by Gasteiger charge is 2.31. The number of amides is 1. The number of hydrogen-bond acceptors (Lipinski definition) is 3. The Morgan fingerprint density at radius 2 is 1.76 bits per heavy atom. The van der Waals surface area contributed by atoms with Gasteiger partial charge in [0.1, 0.15) is 6.10 Å². The maximum Gasteiger partial charge on any atom is 0.251 e. The van der Waals surface area contributed by atoms with Crippen molar-refractivity contribution < 1.29 is 9.53 Å². The molecule has 1 N–H and O–H groups in total. The third-order valence-corrected chi connectivity index (χ3v) is 5.40. The van der Waals surface area contributed by atoms with Gasteiger partial charge in [-0.15, -0.1) is 24.0 Å². The van der Waals surface area contributed by atoms with E-state index in [1.165, 1.54) is 25.7 Å². The molecule has 1 unspecified atom stereocenters. The number of carbonyl (C=O) groups is 1. The van der Waals surface area contributed by atoms with Crippen molar-refractivity contribution in [3.05, 3.63) is 0 Å². The number of nitrogens with zero attached hydrogens (tertiary/aromatic N) is 3. The highest BCUT2D eigenvalue weighted by molar-refractivity contribution is 14.0. The van der Waals surface area contributed by atoms with Crippen LogP contribution >= 0.6 is 24.0 Å². The predicted molar refractivity (Wildman–Crippen MR) is 110 cm³/mol. The topological polar surface area (TPSA) is 57.2 Å². The normalized spacial score (nSPS) is 25.2. The molecule has 144 valence electrons. The molecule has 7 heteroatoms. The van der Waals surface area contributed by atoms with E-state index in [1.54, 1.807) is 0 Å². The van der Waals surface area contributed by atoms with E-state index >= 15 is 0 Å². The van der Waals surface area contributed by atoms with Gasteiger partial charge in [-0.25, -0.2) is 0 Å². The summed E-state index contributed by atoms with van der Waals surface area (Å²) < 4.78 is 5.54. The quantitative estimate of drug-likeness (QED) is 0.394. The van der Waals surface area contributed by atoms with Gasteiger partial charge in [0.05, 0.1) is 0 Å². The first-order valence-corrected chi connectivity index (χ1v) is 9.71. The van der Waals surface area contributed by atoms with Crippen molar-refractivity contribution in [2.45, 2.75) is 51.6 Å². The summed E-state index contributed by atoms with van der Waals surface area (Å²) in [7, 11) is 0.